The molecule has 0 atom stereocenters. The number of carbonyl (C=O) groups is 1. The lowest BCUT2D eigenvalue weighted by atomic mass is 10.2. The van der Waals surface area contributed by atoms with E-state index >= 15 is 0 Å². The first-order valence-electron chi connectivity index (χ1n) is 7.95. The molecule has 0 radical (unpaired) electrons. The summed E-state index contributed by atoms with van der Waals surface area (Å²) in [6.07, 6.45) is 4.40. The van der Waals surface area contributed by atoms with E-state index in [0.29, 0.717) is 25.7 Å². The Balaban J connectivity index is 1.65. The highest BCUT2D eigenvalue weighted by atomic mass is 35.5. The second-order valence-electron chi connectivity index (χ2n) is 5.62. The average Bonchev–Trinajstić information content (AvgIpc) is 3.39. The zero-order valence-corrected chi connectivity index (χ0v) is 15.3. The predicted molar refractivity (Wildman–Crippen MR) is 104 cm³/mol. The van der Waals surface area contributed by atoms with E-state index in [2.05, 4.69) is 4.98 Å². The van der Waals surface area contributed by atoms with Gasteiger partial charge in [-0.25, -0.2) is 0 Å². The Hall–Kier alpha value is -3.09. The summed E-state index contributed by atoms with van der Waals surface area (Å²) in [5.41, 5.74) is 0.597. The van der Waals surface area contributed by atoms with Crippen molar-refractivity contribution in [1.29, 1.82) is 0 Å². The summed E-state index contributed by atoms with van der Waals surface area (Å²) >= 11 is 7.06. The summed E-state index contributed by atoms with van der Waals surface area (Å²) < 4.78 is 11.7. The zero-order valence-electron chi connectivity index (χ0n) is 13.8. The molecule has 27 heavy (non-hydrogen) atoms. The lowest BCUT2D eigenvalue weighted by molar-refractivity contribution is 0.103. The standard InChI is InChI=1S/C20H12ClNO4S/c21-13-5-3-12(4-6-13)16-8-7-14(26-16)10-18-20(24)22-19(27-18)11-15(23)17-2-1-9-25-17/h1-11H,(H,22,24)/b18-10+,19-11-. The third kappa shape index (κ3) is 3.86. The van der Waals surface area contributed by atoms with E-state index in [1.807, 2.05) is 18.2 Å². The van der Waals surface area contributed by atoms with Crippen LogP contribution in [0.25, 0.3) is 23.5 Å². The second-order valence-corrected chi connectivity index (χ2v) is 7.14. The molecule has 0 aliphatic rings. The van der Waals surface area contributed by atoms with Gasteiger partial charge in [-0.1, -0.05) is 11.6 Å². The third-order valence-corrected chi connectivity index (χ3v) is 4.95. The lowest BCUT2D eigenvalue weighted by Gasteiger charge is -1.96. The van der Waals surface area contributed by atoms with Crippen molar-refractivity contribution in [3.63, 3.8) is 0 Å². The van der Waals surface area contributed by atoms with Crippen molar-refractivity contribution in [3.8, 4) is 11.3 Å². The van der Waals surface area contributed by atoms with Crippen molar-refractivity contribution in [3.05, 3.63) is 90.9 Å². The van der Waals surface area contributed by atoms with Crippen LogP contribution in [0, 0.1) is 0 Å². The van der Waals surface area contributed by atoms with Crippen LogP contribution in [0.15, 0.2) is 68.4 Å². The fourth-order valence-corrected chi connectivity index (χ4v) is 3.45. The maximum Gasteiger partial charge on any atom is 0.266 e. The van der Waals surface area contributed by atoms with Gasteiger partial charge in [0.1, 0.15) is 11.5 Å². The van der Waals surface area contributed by atoms with E-state index in [1.54, 1.807) is 36.4 Å². The van der Waals surface area contributed by atoms with Crippen molar-refractivity contribution in [2.75, 3.05) is 0 Å². The monoisotopic (exact) mass is 397 g/mol. The molecule has 0 bridgehead atoms. The van der Waals surface area contributed by atoms with Crippen molar-refractivity contribution in [2.45, 2.75) is 0 Å². The van der Waals surface area contributed by atoms with Gasteiger partial charge >= 0.3 is 0 Å². The first kappa shape index (κ1) is 17.3. The minimum Gasteiger partial charge on any atom is -0.461 e. The highest BCUT2D eigenvalue weighted by molar-refractivity contribution is 7.07. The molecule has 3 heterocycles. The number of ketones is 1. The molecule has 0 amide bonds. The molecule has 0 spiro atoms. The maximum absolute atomic E-state index is 12.1. The normalized spacial score (nSPS) is 12.6. The van der Waals surface area contributed by atoms with Gasteiger partial charge in [-0.2, -0.15) is 0 Å². The molecule has 7 heteroatoms. The molecule has 5 nitrogen and oxygen atoms in total. The first-order chi connectivity index (χ1) is 13.1. The minimum absolute atomic E-state index is 0.216. The predicted octanol–water partition coefficient (Wildman–Crippen LogP) is 3.44. The molecule has 0 saturated carbocycles. The van der Waals surface area contributed by atoms with E-state index in [9.17, 15) is 9.59 Å². The van der Waals surface area contributed by atoms with E-state index in [-0.39, 0.29) is 17.1 Å². The molecule has 3 aromatic heterocycles. The van der Waals surface area contributed by atoms with Crippen LogP contribution < -0.4 is 14.8 Å². The fourth-order valence-electron chi connectivity index (χ4n) is 2.46. The number of aromatic nitrogens is 1. The molecule has 0 saturated heterocycles. The Morgan fingerprint density at radius 1 is 1.11 bits per heavy atom. The van der Waals surface area contributed by atoms with E-state index in [1.165, 1.54) is 23.7 Å². The Morgan fingerprint density at radius 3 is 2.67 bits per heavy atom. The van der Waals surface area contributed by atoms with Gasteiger partial charge in [0, 0.05) is 22.7 Å². The average molecular weight is 398 g/mol. The molecular weight excluding hydrogens is 386 g/mol. The quantitative estimate of drug-likeness (QED) is 0.535. The molecule has 134 valence electrons. The number of H-pyrrole nitrogens is 1. The third-order valence-electron chi connectivity index (χ3n) is 3.74. The van der Waals surface area contributed by atoms with Crippen LogP contribution in [0.2, 0.25) is 5.02 Å². The number of thiazole rings is 1. The fraction of sp³-hybridized carbons (Fsp3) is 0. The van der Waals surface area contributed by atoms with Crippen LogP contribution in [0.4, 0.5) is 0 Å². The van der Waals surface area contributed by atoms with Gasteiger partial charge < -0.3 is 13.8 Å². The van der Waals surface area contributed by atoms with Gasteiger partial charge in [0.25, 0.3) is 5.56 Å². The number of hydrogen-bond acceptors (Lipinski definition) is 5. The second kappa shape index (κ2) is 7.26. The van der Waals surface area contributed by atoms with Crippen molar-refractivity contribution < 1.29 is 13.6 Å². The highest BCUT2D eigenvalue weighted by Gasteiger charge is 2.07. The van der Waals surface area contributed by atoms with Crippen LogP contribution >= 0.6 is 22.9 Å². The van der Waals surface area contributed by atoms with Gasteiger partial charge in [0.05, 0.1) is 15.5 Å². The van der Waals surface area contributed by atoms with Gasteiger partial charge in [0.15, 0.2) is 5.76 Å². The largest absolute Gasteiger partial charge is 0.461 e. The van der Waals surface area contributed by atoms with Gasteiger partial charge in [-0.3, -0.25) is 9.59 Å². The van der Waals surface area contributed by atoms with Crippen molar-refractivity contribution in [2.24, 2.45) is 0 Å². The number of rotatable bonds is 4. The summed E-state index contributed by atoms with van der Waals surface area (Å²) in [5, 5.41) is 0.648. The van der Waals surface area contributed by atoms with Crippen LogP contribution in [0.1, 0.15) is 16.3 Å². The topological polar surface area (TPSA) is 76.2 Å². The van der Waals surface area contributed by atoms with E-state index in [4.69, 9.17) is 20.4 Å². The number of Topliss-reactive ketones (excluding diaryl/α,β-unsaturated/α-hetero) is 1. The SMILES string of the molecule is O=C(/C=c1/[nH]c(=O)/c(=C\c2ccc(-c3ccc(Cl)cc3)o2)s1)c1ccco1. The molecule has 0 fully saturated rings. The lowest BCUT2D eigenvalue weighted by Crippen LogP contribution is -2.19. The highest BCUT2D eigenvalue weighted by Crippen LogP contribution is 2.23. The van der Waals surface area contributed by atoms with Crippen molar-refractivity contribution in [1.82, 2.24) is 4.98 Å². The van der Waals surface area contributed by atoms with Gasteiger partial charge in [0.2, 0.25) is 5.78 Å². The molecule has 4 rings (SSSR count). The molecule has 0 aliphatic carbocycles. The zero-order chi connectivity index (χ0) is 18.8. The smallest absolute Gasteiger partial charge is 0.266 e. The summed E-state index contributed by atoms with van der Waals surface area (Å²) in [6.45, 7) is 0. The number of halogens is 1. The van der Waals surface area contributed by atoms with Crippen LogP contribution in [0.5, 0.6) is 0 Å². The number of furan rings is 2. The number of nitrogens with one attached hydrogen (secondary N) is 1. The number of hydrogen-bond donors (Lipinski definition) is 1. The molecule has 1 N–H and O–H groups in total. The minimum atomic E-state index is -0.313. The summed E-state index contributed by atoms with van der Waals surface area (Å²) in [4.78, 5) is 26.8. The van der Waals surface area contributed by atoms with Crippen molar-refractivity contribution >= 4 is 40.9 Å². The molecule has 0 unspecified atom stereocenters. The van der Waals surface area contributed by atoms with Gasteiger partial charge in [-0.05, 0) is 48.5 Å². The maximum atomic E-state index is 12.1. The summed E-state index contributed by atoms with van der Waals surface area (Å²) in [7, 11) is 0. The number of aromatic amines is 1. The molecule has 4 aromatic rings. The Labute approximate surface area is 161 Å². The van der Waals surface area contributed by atoms with E-state index < -0.39 is 0 Å². The Morgan fingerprint density at radius 2 is 1.93 bits per heavy atom. The molecule has 0 aliphatic heterocycles. The van der Waals surface area contributed by atoms with Gasteiger partial charge in [-0.15, -0.1) is 11.3 Å². The molecule has 1 aromatic carbocycles. The van der Waals surface area contributed by atoms with E-state index in [0.717, 1.165) is 5.56 Å². The van der Waals surface area contributed by atoms with Crippen LogP contribution in [0.3, 0.4) is 0 Å². The molecular formula is C20H12ClNO4S. The first-order valence-corrected chi connectivity index (χ1v) is 9.14. The number of benzene rings is 1. The number of carbonyl (C=O) groups excluding carboxylic acids is 1. The summed E-state index contributed by atoms with van der Waals surface area (Å²) in [6, 6.07) is 14.1. The Bertz CT molecular complexity index is 1260. The van der Waals surface area contributed by atoms with Crippen LogP contribution in [-0.4, -0.2) is 10.8 Å². The summed E-state index contributed by atoms with van der Waals surface area (Å²) in [5.74, 6) is 1.11. The van der Waals surface area contributed by atoms with Crippen LogP contribution in [-0.2, 0) is 0 Å². The Kier molecular flexibility index (Phi) is 4.66.